The predicted octanol–water partition coefficient (Wildman–Crippen LogP) is -3.06. The van der Waals surface area contributed by atoms with Gasteiger partial charge in [0.2, 0.25) is 0 Å². The number of hydrogen-bond acceptors (Lipinski definition) is 11. The van der Waals surface area contributed by atoms with Crippen LogP contribution in [-0.2, 0) is 9.59 Å². The molecule has 0 amide bonds. The zero-order valence-electron chi connectivity index (χ0n) is 22.5. The van der Waals surface area contributed by atoms with Gasteiger partial charge in [0, 0.05) is 6.54 Å². The van der Waals surface area contributed by atoms with Crippen LogP contribution in [0.15, 0.2) is 4.99 Å². The van der Waals surface area contributed by atoms with Crippen LogP contribution in [0.25, 0.3) is 0 Å². The van der Waals surface area contributed by atoms with E-state index in [0.29, 0.717) is 38.8 Å². The maximum Gasteiger partial charge on any atom is 0.320 e. The number of carboxylic acid groups (broad SMARTS) is 2. The van der Waals surface area contributed by atoms with E-state index in [4.69, 9.17) is 61.8 Å². The van der Waals surface area contributed by atoms with Crippen molar-refractivity contribution in [3.63, 3.8) is 0 Å². The fourth-order valence-electron chi connectivity index (χ4n) is 2.14. The van der Waals surface area contributed by atoms with E-state index in [-0.39, 0.29) is 5.96 Å². The summed E-state index contributed by atoms with van der Waals surface area (Å²) in [5, 5.41) is 19.9. The van der Waals surface area contributed by atoms with Gasteiger partial charge in [-0.2, -0.15) is 0 Å². The number of nitrogens with zero attached hydrogens (tertiary/aromatic N) is 1. The first-order chi connectivity index (χ1) is 17.5. The van der Waals surface area contributed by atoms with E-state index in [9.17, 15) is 9.59 Å². The molecule has 15 heteroatoms. The van der Waals surface area contributed by atoms with Gasteiger partial charge < -0.3 is 67.1 Å². The van der Waals surface area contributed by atoms with E-state index in [2.05, 4.69) is 10.3 Å². The summed E-state index contributed by atoms with van der Waals surface area (Å²) in [7, 11) is 0. The molecule has 15 nitrogen and oxygen atoms in total. The Balaban J connectivity index is -0.000000201. The summed E-state index contributed by atoms with van der Waals surface area (Å²) in [5.41, 5.74) is 46.5. The summed E-state index contributed by atoms with van der Waals surface area (Å²) in [6, 6.07) is -1.56. The third-order valence-corrected chi connectivity index (χ3v) is 4.34. The zero-order valence-corrected chi connectivity index (χ0v) is 22.5. The van der Waals surface area contributed by atoms with Crippen molar-refractivity contribution in [3.05, 3.63) is 0 Å². The van der Waals surface area contributed by atoms with Crippen LogP contribution in [0, 0.1) is 0 Å². The maximum atomic E-state index is 10.2. The highest BCUT2D eigenvalue weighted by Crippen LogP contribution is 1.94. The van der Waals surface area contributed by atoms with Crippen molar-refractivity contribution < 1.29 is 19.8 Å². The molecule has 0 aliphatic rings. The lowest BCUT2D eigenvalue weighted by Gasteiger charge is -2.03. The second-order valence-electron chi connectivity index (χ2n) is 7.94. The molecular formula is C22H57N11O4. The highest BCUT2D eigenvalue weighted by Gasteiger charge is 2.09. The molecule has 0 spiro atoms. The molecule has 224 valence electrons. The number of guanidine groups is 1. The lowest BCUT2D eigenvalue weighted by atomic mass is 10.2. The Morgan fingerprint density at radius 3 is 1.38 bits per heavy atom. The largest absolute Gasteiger partial charge is 0.480 e. The van der Waals surface area contributed by atoms with Crippen LogP contribution in [0.1, 0.15) is 57.8 Å². The number of nitrogens with one attached hydrogen (secondary N) is 1. The molecule has 0 fully saturated rings. The van der Waals surface area contributed by atoms with E-state index in [0.717, 1.165) is 65.0 Å². The first-order valence-corrected chi connectivity index (χ1v) is 12.8. The molecule has 0 aliphatic carbocycles. The van der Waals surface area contributed by atoms with Crippen molar-refractivity contribution in [1.29, 1.82) is 0 Å². The average Bonchev–Trinajstić information content (AvgIpc) is 2.86. The van der Waals surface area contributed by atoms with E-state index >= 15 is 0 Å². The van der Waals surface area contributed by atoms with Crippen molar-refractivity contribution in [2.75, 3.05) is 52.4 Å². The van der Waals surface area contributed by atoms with Gasteiger partial charge in [0.25, 0.3) is 0 Å². The van der Waals surface area contributed by atoms with Gasteiger partial charge in [-0.3, -0.25) is 14.6 Å². The summed E-state index contributed by atoms with van der Waals surface area (Å²) in [5.74, 6) is -1.94. The van der Waals surface area contributed by atoms with Crippen LogP contribution in [0.3, 0.4) is 0 Å². The Labute approximate surface area is 222 Å². The summed E-state index contributed by atoms with van der Waals surface area (Å²) in [4.78, 5) is 23.9. The van der Waals surface area contributed by atoms with Crippen LogP contribution < -0.4 is 56.9 Å². The van der Waals surface area contributed by atoms with Gasteiger partial charge in [-0.05, 0) is 104 Å². The number of rotatable bonds is 19. The lowest BCUT2D eigenvalue weighted by molar-refractivity contribution is -0.139. The second-order valence-corrected chi connectivity index (χ2v) is 7.94. The molecule has 21 N–H and O–H groups in total. The Bertz CT molecular complexity index is 499. The van der Waals surface area contributed by atoms with Gasteiger partial charge in [0.05, 0.1) is 0 Å². The molecule has 0 aromatic carbocycles. The minimum absolute atomic E-state index is 0.0129. The number of aliphatic imine (C=N–C) groups is 1. The molecule has 0 bridgehead atoms. The van der Waals surface area contributed by atoms with Crippen molar-refractivity contribution in [3.8, 4) is 0 Å². The molecule has 2 unspecified atom stereocenters. The predicted molar refractivity (Wildman–Crippen MR) is 152 cm³/mol. The van der Waals surface area contributed by atoms with Crippen LogP contribution >= 0.6 is 0 Å². The minimum atomic E-state index is -1.00. The fraction of sp³-hybridized carbons (Fsp3) is 0.864. The van der Waals surface area contributed by atoms with Crippen molar-refractivity contribution in [2.24, 2.45) is 56.6 Å². The molecule has 0 saturated carbocycles. The molecule has 0 rings (SSSR count). The first kappa shape index (κ1) is 42.0. The second kappa shape index (κ2) is 36.0. The highest BCUT2D eigenvalue weighted by molar-refractivity contribution is 5.75. The molecular weight excluding hydrogens is 482 g/mol. The zero-order chi connectivity index (χ0) is 29.3. The number of hydrogen-bond donors (Lipinski definition) is 12. The Hall–Kier alpha value is -2.11. The first-order valence-electron chi connectivity index (χ1n) is 12.8. The molecule has 2 atom stereocenters. The van der Waals surface area contributed by atoms with E-state index < -0.39 is 24.0 Å². The van der Waals surface area contributed by atoms with Crippen molar-refractivity contribution in [1.82, 2.24) is 5.32 Å². The standard InChI is InChI=1S/C7H19N3.C6H14N4O2.C5H12N2O2.C4H12N2/c8-4-1-2-6-10-7-3-5-9;7-4(5(11)12)2-1-3-10-6(8)9;6-3-1-2-4(7)5(8)9;5-3-1-2-4-6/h10H,1-9H2;4H,1-3,7H2,(H,11,12)(H4,8,9,10);4H,1-3,6-7H2,(H,8,9);1-6H2. The number of nitrogens with two attached hydrogens (primary N) is 9. The van der Waals surface area contributed by atoms with Gasteiger partial charge >= 0.3 is 11.9 Å². The number of carbonyl (C=O) groups is 2. The van der Waals surface area contributed by atoms with Gasteiger partial charge in [-0.15, -0.1) is 0 Å². The highest BCUT2D eigenvalue weighted by atomic mass is 16.4. The Kier molecular flexibility index (Phi) is 40.9. The quantitative estimate of drug-likeness (QED) is 0.0440. The van der Waals surface area contributed by atoms with Gasteiger partial charge in [-0.25, -0.2) is 0 Å². The van der Waals surface area contributed by atoms with Crippen molar-refractivity contribution >= 4 is 17.9 Å². The van der Waals surface area contributed by atoms with E-state index in [1.165, 1.54) is 6.42 Å². The Morgan fingerprint density at radius 2 is 1.00 bits per heavy atom. The summed E-state index contributed by atoms with van der Waals surface area (Å²) in [6.45, 7) is 6.18. The van der Waals surface area contributed by atoms with Gasteiger partial charge in [0.1, 0.15) is 12.1 Å². The Morgan fingerprint density at radius 1 is 0.622 bits per heavy atom. The normalized spacial score (nSPS) is 11.3. The van der Waals surface area contributed by atoms with Gasteiger partial charge in [-0.1, -0.05) is 0 Å². The summed E-state index contributed by atoms with van der Waals surface area (Å²) >= 11 is 0. The number of unbranched alkanes of at least 4 members (excludes halogenated alkanes) is 2. The van der Waals surface area contributed by atoms with Crippen LogP contribution in [-0.4, -0.2) is 92.6 Å². The number of carboxylic acids is 2. The third kappa shape index (κ3) is 47.7. The average molecular weight is 540 g/mol. The van der Waals surface area contributed by atoms with E-state index in [1.54, 1.807) is 0 Å². The lowest BCUT2D eigenvalue weighted by Crippen LogP contribution is -2.30. The van der Waals surface area contributed by atoms with Crippen LogP contribution in [0.2, 0.25) is 0 Å². The summed E-state index contributed by atoms with van der Waals surface area (Å²) in [6.07, 6.45) is 7.60. The number of aliphatic carboxylic acids is 2. The molecule has 0 aromatic rings. The van der Waals surface area contributed by atoms with Crippen LogP contribution in [0.4, 0.5) is 0 Å². The molecule has 0 aliphatic heterocycles. The molecule has 0 saturated heterocycles. The molecule has 0 aromatic heterocycles. The monoisotopic (exact) mass is 539 g/mol. The summed E-state index contributed by atoms with van der Waals surface area (Å²) < 4.78 is 0. The minimum Gasteiger partial charge on any atom is -0.480 e. The van der Waals surface area contributed by atoms with Crippen molar-refractivity contribution in [2.45, 2.75) is 69.9 Å². The molecule has 0 radical (unpaired) electrons. The van der Waals surface area contributed by atoms with E-state index in [1.807, 2.05) is 0 Å². The van der Waals surface area contributed by atoms with Gasteiger partial charge in [0.15, 0.2) is 5.96 Å². The van der Waals surface area contributed by atoms with Crippen LogP contribution in [0.5, 0.6) is 0 Å². The topological polar surface area (TPSA) is 333 Å². The fourth-order valence-corrected chi connectivity index (χ4v) is 2.14. The molecule has 37 heavy (non-hydrogen) atoms. The molecule has 0 heterocycles. The maximum absolute atomic E-state index is 10.2. The SMILES string of the molecule is NC(N)=NCCCC(N)C(=O)O.NCCCC(N)C(=O)O.NCCCCN.NCCCCNCCCN. The third-order valence-electron chi connectivity index (χ3n) is 4.34. The smallest absolute Gasteiger partial charge is 0.320 e.